The Kier molecular flexibility index (Phi) is 7.82. The van der Waals surface area contributed by atoms with Crippen molar-refractivity contribution in [3.8, 4) is 11.5 Å². The monoisotopic (exact) mass is 503 g/mol. The predicted molar refractivity (Wildman–Crippen MR) is 127 cm³/mol. The van der Waals surface area contributed by atoms with Crippen molar-refractivity contribution in [2.45, 2.75) is 27.0 Å². The van der Waals surface area contributed by atoms with Crippen molar-refractivity contribution in [1.29, 1.82) is 0 Å². The van der Waals surface area contributed by atoms with E-state index in [1.807, 2.05) is 50.2 Å². The maximum atomic E-state index is 11.1. The average molecular weight is 505 g/mol. The Bertz CT molecular complexity index is 1070. The smallest absolute Gasteiger partial charge is 0.335 e. The highest BCUT2D eigenvalue weighted by Crippen LogP contribution is 2.35. The van der Waals surface area contributed by atoms with E-state index >= 15 is 0 Å². The summed E-state index contributed by atoms with van der Waals surface area (Å²) in [5, 5.41) is 13.2. The van der Waals surface area contributed by atoms with E-state index < -0.39 is 5.97 Å². The molecule has 0 atom stereocenters. The van der Waals surface area contributed by atoms with Gasteiger partial charge >= 0.3 is 5.97 Å². The Morgan fingerprint density at radius 2 is 1.77 bits per heavy atom. The number of nitrogens with one attached hydrogen (secondary N) is 1. The molecule has 0 bridgehead atoms. The van der Waals surface area contributed by atoms with Gasteiger partial charge in [-0.2, -0.15) is 0 Å². The molecule has 0 radical (unpaired) electrons. The van der Waals surface area contributed by atoms with Crippen LogP contribution in [-0.4, -0.2) is 17.7 Å². The molecule has 0 amide bonds. The van der Waals surface area contributed by atoms with E-state index in [1.54, 1.807) is 18.2 Å². The van der Waals surface area contributed by atoms with Crippen molar-refractivity contribution in [2.24, 2.45) is 0 Å². The molecule has 3 aromatic carbocycles. The third-order valence-electron chi connectivity index (χ3n) is 4.66. The number of anilines is 1. The van der Waals surface area contributed by atoms with Gasteiger partial charge in [0, 0.05) is 21.7 Å². The number of carboxylic acids is 1. The second-order valence-electron chi connectivity index (χ2n) is 6.93. The number of carboxylic acid groups (broad SMARTS) is 1. The number of hydrogen-bond acceptors (Lipinski definition) is 4. The van der Waals surface area contributed by atoms with Gasteiger partial charge < -0.3 is 19.9 Å². The Morgan fingerprint density at radius 3 is 2.42 bits per heavy atom. The lowest BCUT2D eigenvalue weighted by atomic mass is 10.1. The molecule has 0 spiro atoms. The number of aromatic carboxylic acids is 1. The van der Waals surface area contributed by atoms with Gasteiger partial charge in [-0.15, -0.1) is 0 Å². The van der Waals surface area contributed by atoms with E-state index in [1.165, 1.54) is 0 Å². The Morgan fingerprint density at radius 1 is 1.06 bits per heavy atom. The summed E-state index contributed by atoms with van der Waals surface area (Å²) < 4.78 is 12.7. The van der Waals surface area contributed by atoms with Crippen LogP contribution in [0.5, 0.6) is 11.5 Å². The third-order valence-corrected chi connectivity index (χ3v) is 5.65. The number of carbonyl (C=O) groups is 1. The largest absolute Gasteiger partial charge is 0.490 e. The molecule has 7 heteroatoms. The van der Waals surface area contributed by atoms with Crippen LogP contribution in [0.25, 0.3) is 0 Å². The summed E-state index contributed by atoms with van der Waals surface area (Å²) >= 11 is 9.56. The number of aryl methyl sites for hydroxylation is 1. The molecule has 0 fully saturated rings. The average Bonchev–Trinajstić information content (AvgIpc) is 2.74. The van der Waals surface area contributed by atoms with Crippen molar-refractivity contribution in [3.63, 3.8) is 0 Å². The van der Waals surface area contributed by atoms with Crippen molar-refractivity contribution < 1.29 is 19.4 Å². The second-order valence-corrected chi connectivity index (χ2v) is 8.22. The van der Waals surface area contributed by atoms with Gasteiger partial charge in [0.1, 0.15) is 6.61 Å². The maximum absolute atomic E-state index is 11.1. The predicted octanol–water partition coefficient (Wildman–Crippen LogP) is 6.70. The van der Waals surface area contributed by atoms with Crippen molar-refractivity contribution in [1.82, 2.24) is 0 Å². The zero-order valence-corrected chi connectivity index (χ0v) is 19.6. The SMILES string of the molecule is CCOc1cc(CNc2ccc(C(=O)O)cc2C)c(Br)cc1OCc1ccc(Cl)cc1. The highest BCUT2D eigenvalue weighted by atomic mass is 79.9. The van der Waals surface area contributed by atoms with Crippen molar-refractivity contribution >= 4 is 39.2 Å². The van der Waals surface area contributed by atoms with E-state index in [9.17, 15) is 4.79 Å². The Labute approximate surface area is 195 Å². The van der Waals surface area contributed by atoms with Gasteiger partial charge in [-0.3, -0.25) is 0 Å². The minimum absolute atomic E-state index is 0.269. The topological polar surface area (TPSA) is 67.8 Å². The first-order chi connectivity index (χ1) is 14.9. The molecule has 3 aromatic rings. The van der Waals surface area contributed by atoms with Crippen LogP contribution in [-0.2, 0) is 13.2 Å². The fourth-order valence-electron chi connectivity index (χ4n) is 3.02. The number of hydrogen-bond donors (Lipinski definition) is 2. The minimum atomic E-state index is -0.937. The van der Waals surface area contributed by atoms with E-state index in [0.29, 0.717) is 36.3 Å². The van der Waals surface area contributed by atoms with Gasteiger partial charge in [-0.25, -0.2) is 4.79 Å². The van der Waals surface area contributed by atoms with Crippen molar-refractivity contribution in [2.75, 3.05) is 11.9 Å². The van der Waals surface area contributed by atoms with E-state index in [2.05, 4.69) is 21.2 Å². The van der Waals surface area contributed by atoms with Gasteiger partial charge in [0.2, 0.25) is 0 Å². The molecule has 2 N–H and O–H groups in total. The lowest BCUT2D eigenvalue weighted by Crippen LogP contribution is -2.05. The van der Waals surface area contributed by atoms with Gasteiger partial charge in [-0.1, -0.05) is 39.7 Å². The fraction of sp³-hybridized carbons (Fsp3) is 0.208. The first kappa shape index (κ1) is 23.0. The highest BCUT2D eigenvalue weighted by molar-refractivity contribution is 9.10. The third kappa shape index (κ3) is 6.15. The van der Waals surface area contributed by atoms with Gasteiger partial charge in [0.05, 0.1) is 12.2 Å². The van der Waals surface area contributed by atoms with Crippen LogP contribution in [0.1, 0.15) is 34.0 Å². The molecule has 0 unspecified atom stereocenters. The van der Waals surface area contributed by atoms with Crippen LogP contribution in [0.3, 0.4) is 0 Å². The molecule has 0 aliphatic heterocycles. The molecule has 0 aromatic heterocycles. The quantitative estimate of drug-likeness (QED) is 0.339. The van der Waals surface area contributed by atoms with E-state index in [4.69, 9.17) is 26.2 Å². The number of benzene rings is 3. The van der Waals surface area contributed by atoms with Crippen LogP contribution in [0.2, 0.25) is 5.02 Å². The summed E-state index contributed by atoms with van der Waals surface area (Å²) in [5.41, 5.74) is 4.00. The lowest BCUT2D eigenvalue weighted by molar-refractivity contribution is 0.0697. The zero-order valence-electron chi connectivity index (χ0n) is 17.2. The molecule has 5 nitrogen and oxygen atoms in total. The van der Waals surface area contributed by atoms with Crippen LogP contribution in [0.4, 0.5) is 5.69 Å². The summed E-state index contributed by atoms with van der Waals surface area (Å²) in [7, 11) is 0. The van der Waals surface area contributed by atoms with E-state index in [0.717, 1.165) is 26.9 Å². The summed E-state index contributed by atoms with van der Waals surface area (Å²) in [6.45, 7) is 5.25. The normalized spacial score (nSPS) is 10.6. The Hall–Kier alpha value is -2.70. The van der Waals surface area contributed by atoms with Crippen LogP contribution in [0.15, 0.2) is 59.1 Å². The molecule has 0 heterocycles. The van der Waals surface area contributed by atoms with Crippen LogP contribution >= 0.6 is 27.5 Å². The van der Waals surface area contributed by atoms with Gasteiger partial charge in [0.15, 0.2) is 11.5 Å². The Balaban J connectivity index is 1.74. The molecule has 162 valence electrons. The number of halogens is 2. The van der Waals surface area contributed by atoms with Gasteiger partial charge in [-0.05, 0) is 73.0 Å². The maximum Gasteiger partial charge on any atom is 0.335 e. The number of ether oxygens (including phenoxy) is 2. The minimum Gasteiger partial charge on any atom is -0.490 e. The second kappa shape index (κ2) is 10.6. The standard InChI is InChI=1S/C24H23BrClNO4/c1-3-30-22-11-18(13-27-21-9-6-17(24(28)29)10-15(21)2)20(25)12-23(22)31-14-16-4-7-19(26)8-5-16/h4-12,27H,3,13-14H2,1-2H3,(H,28,29). The fourth-order valence-corrected chi connectivity index (χ4v) is 3.61. The number of rotatable bonds is 9. The first-order valence-corrected chi connectivity index (χ1v) is 10.9. The molecule has 0 saturated carbocycles. The summed E-state index contributed by atoms with van der Waals surface area (Å²) in [6.07, 6.45) is 0. The molecule has 31 heavy (non-hydrogen) atoms. The van der Waals surface area contributed by atoms with Gasteiger partial charge in [0.25, 0.3) is 0 Å². The van der Waals surface area contributed by atoms with E-state index in [-0.39, 0.29) is 5.56 Å². The van der Waals surface area contributed by atoms with Crippen LogP contribution in [0, 0.1) is 6.92 Å². The molecular weight excluding hydrogens is 482 g/mol. The summed E-state index contributed by atoms with van der Waals surface area (Å²) in [4.78, 5) is 11.1. The molecule has 0 aliphatic rings. The zero-order chi connectivity index (χ0) is 22.4. The molecule has 3 rings (SSSR count). The summed E-state index contributed by atoms with van der Waals surface area (Å²) in [6, 6.07) is 16.4. The first-order valence-electron chi connectivity index (χ1n) is 9.77. The summed E-state index contributed by atoms with van der Waals surface area (Å²) in [5.74, 6) is 0.372. The van der Waals surface area contributed by atoms with Crippen molar-refractivity contribution in [3.05, 3.63) is 86.3 Å². The molecule has 0 aliphatic carbocycles. The molecule has 0 saturated heterocycles. The lowest BCUT2D eigenvalue weighted by Gasteiger charge is -2.16. The van der Waals surface area contributed by atoms with Crippen LogP contribution < -0.4 is 14.8 Å². The molecular formula is C24H23BrClNO4. The highest BCUT2D eigenvalue weighted by Gasteiger charge is 2.12.